The molecule has 1 aliphatic rings. The van der Waals surface area contributed by atoms with Gasteiger partial charge < -0.3 is 5.11 Å². The molecule has 0 aliphatic carbocycles. The number of thioether (sulfide) groups is 1. The number of carbonyl (C=O) groups excluding carboxylic acids is 1. The molecular weight excluding hydrogens is 172 g/mol. The fraction of sp³-hybridized carbons (Fsp3) is 0.667. The summed E-state index contributed by atoms with van der Waals surface area (Å²) in [5.74, 6) is 0.277. The van der Waals surface area contributed by atoms with E-state index in [1.807, 2.05) is 6.92 Å². The lowest BCUT2D eigenvalue weighted by molar-refractivity contribution is -0.107. The predicted octanol–water partition coefficient (Wildman–Crippen LogP) is 2.65. The zero-order valence-corrected chi connectivity index (χ0v) is 8.49. The highest BCUT2D eigenvalue weighted by atomic mass is 32.2. The van der Waals surface area contributed by atoms with Crippen LogP contribution in [0.25, 0.3) is 0 Å². The zero-order valence-electron chi connectivity index (χ0n) is 7.68. The Hall–Kier alpha value is -0.440. The van der Waals surface area contributed by atoms with Gasteiger partial charge >= 0.3 is 0 Å². The van der Waals surface area contributed by atoms with Crippen LogP contribution >= 0.6 is 11.8 Å². The van der Waals surface area contributed by atoms with Gasteiger partial charge in [0, 0.05) is 5.57 Å². The summed E-state index contributed by atoms with van der Waals surface area (Å²) in [5, 5.41) is 9.67. The third-order valence-corrected chi connectivity index (χ3v) is 3.55. The molecule has 0 spiro atoms. The van der Waals surface area contributed by atoms with Crippen LogP contribution in [-0.2, 0) is 4.79 Å². The van der Waals surface area contributed by atoms with E-state index in [1.165, 1.54) is 11.8 Å². The van der Waals surface area contributed by atoms with Gasteiger partial charge in [0.25, 0.3) is 0 Å². The van der Waals surface area contributed by atoms with Crippen LogP contribution < -0.4 is 0 Å². The molecule has 0 bridgehead atoms. The molecule has 0 amide bonds. The van der Waals surface area contributed by atoms with E-state index in [4.69, 9.17) is 0 Å². The first-order valence-electron chi connectivity index (χ1n) is 4.15. The van der Waals surface area contributed by atoms with E-state index in [0.717, 1.165) is 12.8 Å². The van der Waals surface area contributed by atoms with Gasteiger partial charge in [0.2, 0.25) is 5.12 Å². The Kier molecular flexibility index (Phi) is 2.52. The summed E-state index contributed by atoms with van der Waals surface area (Å²) in [6, 6.07) is 0. The molecule has 2 nitrogen and oxygen atoms in total. The Morgan fingerprint density at radius 1 is 1.58 bits per heavy atom. The Morgan fingerprint density at radius 2 is 2.17 bits per heavy atom. The summed E-state index contributed by atoms with van der Waals surface area (Å²) in [5.41, 5.74) is 0.524. The van der Waals surface area contributed by atoms with Crippen LogP contribution in [-0.4, -0.2) is 15.0 Å². The Balaban J connectivity index is 2.91. The molecular formula is C9H14O2S. The third-order valence-electron chi connectivity index (χ3n) is 2.21. The topological polar surface area (TPSA) is 37.3 Å². The van der Waals surface area contributed by atoms with Crippen LogP contribution in [0.5, 0.6) is 0 Å². The Labute approximate surface area is 77.0 Å². The molecule has 1 aliphatic heterocycles. The number of aliphatic hydroxyl groups is 1. The first-order valence-corrected chi connectivity index (χ1v) is 4.96. The zero-order chi connectivity index (χ0) is 9.35. The predicted molar refractivity (Wildman–Crippen MR) is 51.2 cm³/mol. The molecule has 1 unspecified atom stereocenters. The average molecular weight is 186 g/mol. The summed E-state index contributed by atoms with van der Waals surface area (Å²) in [7, 11) is 0. The van der Waals surface area contributed by atoms with Crippen molar-refractivity contribution in [2.45, 2.75) is 38.4 Å². The number of hydrogen-bond donors (Lipinski definition) is 1. The second-order valence-corrected chi connectivity index (χ2v) is 4.82. The van der Waals surface area contributed by atoms with Crippen molar-refractivity contribution in [2.75, 3.05) is 0 Å². The molecule has 1 rings (SSSR count). The summed E-state index contributed by atoms with van der Waals surface area (Å²) in [6.45, 7) is 5.66. The minimum Gasteiger partial charge on any atom is -0.510 e. The highest BCUT2D eigenvalue weighted by molar-refractivity contribution is 8.15. The fourth-order valence-corrected chi connectivity index (χ4v) is 2.68. The Bertz CT molecular complexity index is 245. The molecule has 1 heterocycles. The van der Waals surface area contributed by atoms with E-state index in [2.05, 4.69) is 6.92 Å². The van der Waals surface area contributed by atoms with E-state index in [-0.39, 0.29) is 15.6 Å². The van der Waals surface area contributed by atoms with Gasteiger partial charge in [0.1, 0.15) is 5.76 Å². The largest absolute Gasteiger partial charge is 0.510 e. The minimum atomic E-state index is -0.351. The Morgan fingerprint density at radius 3 is 2.50 bits per heavy atom. The monoisotopic (exact) mass is 186 g/mol. The molecule has 0 aromatic rings. The van der Waals surface area contributed by atoms with Crippen LogP contribution in [0.4, 0.5) is 0 Å². The lowest BCUT2D eigenvalue weighted by atomic mass is 10.0. The maximum Gasteiger partial charge on any atom is 0.219 e. The van der Waals surface area contributed by atoms with E-state index < -0.39 is 0 Å². The van der Waals surface area contributed by atoms with E-state index in [9.17, 15) is 9.90 Å². The van der Waals surface area contributed by atoms with Crippen molar-refractivity contribution in [3.63, 3.8) is 0 Å². The number of aliphatic hydroxyl groups excluding tert-OH is 1. The second-order valence-electron chi connectivity index (χ2n) is 3.34. The summed E-state index contributed by atoms with van der Waals surface area (Å²) in [6.07, 6.45) is 1.83. The molecule has 1 atom stereocenters. The van der Waals surface area contributed by atoms with Gasteiger partial charge in [-0.3, -0.25) is 4.79 Å². The van der Waals surface area contributed by atoms with Gasteiger partial charge in [0.05, 0.1) is 4.75 Å². The van der Waals surface area contributed by atoms with Gasteiger partial charge in [-0.2, -0.15) is 0 Å². The first-order chi connectivity index (χ1) is 5.51. The quantitative estimate of drug-likeness (QED) is 0.720. The molecule has 0 fully saturated rings. The van der Waals surface area contributed by atoms with E-state index in [0.29, 0.717) is 5.57 Å². The van der Waals surface area contributed by atoms with Crippen molar-refractivity contribution < 1.29 is 9.90 Å². The van der Waals surface area contributed by atoms with Crippen molar-refractivity contribution in [3.8, 4) is 0 Å². The summed E-state index contributed by atoms with van der Waals surface area (Å²) < 4.78 is -0.351. The molecule has 0 saturated carbocycles. The van der Waals surface area contributed by atoms with E-state index >= 15 is 0 Å². The normalized spacial score (nSPS) is 30.1. The summed E-state index contributed by atoms with van der Waals surface area (Å²) in [4.78, 5) is 11.2. The van der Waals surface area contributed by atoms with Crippen LogP contribution in [0.2, 0.25) is 0 Å². The van der Waals surface area contributed by atoms with Gasteiger partial charge in [-0.25, -0.2) is 0 Å². The molecule has 0 radical (unpaired) electrons. The van der Waals surface area contributed by atoms with Gasteiger partial charge in [-0.05, 0) is 20.3 Å². The van der Waals surface area contributed by atoms with Gasteiger partial charge in [-0.1, -0.05) is 25.1 Å². The average Bonchev–Trinajstić information content (AvgIpc) is 2.17. The lowest BCUT2D eigenvalue weighted by Gasteiger charge is -2.21. The number of carbonyl (C=O) groups is 1. The standard InChI is InChI=1S/C9H14O2S/c1-4-5-9(3)7(10)6(2)8(11)12-9/h10H,4-5H2,1-3H3. The lowest BCUT2D eigenvalue weighted by Crippen LogP contribution is -2.19. The van der Waals surface area contributed by atoms with Crippen LogP contribution in [0.1, 0.15) is 33.6 Å². The maximum absolute atomic E-state index is 11.2. The van der Waals surface area contributed by atoms with Crippen LogP contribution in [0.3, 0.4) is 0 Å². The number of rotatable bonds is 2. The highest BCUT2D eigenvalue weighted by Crippen LogP contribution is 2.44. The van der Waals surface area contributed by atoms with Crippen molar-refractivity contribution in [1.82, 2.24) is 0 Å². The van der Waals surface area contributed by atoms with Crippen LogP contribution in [0, 0.1) is 0 Å². The van der Waals surface area contributed by atoms with E-state index in [1.54, 1.807) is 6.92 Å². The second kappa shape index (κ2) is 3.13. The summed E-state index contributed by atoms with van der Waals surface area (Å²) >= 11 is 1.25. The third kappa shape index (κ3) is 1.38. The molecule has 0 saturated heterocycles. The van der Waals surface area contributed by atoms with Crippen LogP contribution in [0.15, 0.2) is 11.3 Å². The number of hydrogen-bond acceptors (Lipinski definition) is 3. The minimum absolute atomic E-state index is 0.0171. The molecule has 1 N–H and O–H groups in total. The van der Waals surface area contributed by atoms with Gasteiger partial charge in [0.15, 0.2) is 0 Å². The van der Waals surface area contributed by atoms with Crippen molar-refractivity contribution in [1.29, 1.82) is 0 Å². The SMILES string of the molecule is CCCC1(C)SC(=O)C(C)=C1O. The molecule has 0 aromatic carbocycles. The highest BCUT2D eigenvalue weighted by Gasteiger charge is 2.40. The van der Waals surface area contributed by atoms with Crippen molar-refractivity contribution in [2.24, 2.45) is 0 Å². The van der Waals surface area contributed by atoms with Crippen molar-refractivity contribution >= 4 is 16.9 Å². The smallest absolute Gasteiger partial charge is 0.219 e. The maximum atomic E-state index is 11.2. The fourth-order valence-electron chi connectivity index (χ4n) is 1.47. The molecule has 68 valence electrons. The van der Waals surface area contributed by atoms with Gasteiger partial charge in [-0.15, -0.1) is 0 Å². The molecule has 0 aromatic heterocycles. The van der Waals surface area contributed by atoms with Crippen molar-refractivity contribution in [3.05, 3.63) is 11.3 Å². The molecule has 3 heteroatoms. The first kappa shape index (κ1) is 9.65. The molecule has 12 heavy (non-hydrogen) atoms.